The number of anilines is 2. The first-order valence-electron chi connectivity index (χ1n) is 5.45. The lowest BCUT2D eigenvalue weighted by atomic mass is 10.1. The number of benzene rings is 2. The zero-order valence-corrected chi connectivity index (χ0v) is 11.6. The van der Waals surface area contributed by atoms with E-state index in [4.69, 9.17) is 33.2 Å². The molecule has 19 heavy (non-hydrogen) atoms. The SMILES string of the molecule is COc1ccc(C#N)c(Nc2cccc(Cl)c2Cl)c1. The highest BCUT2D eigenvalue weighted by molar-refractivity contribution is 6.43. The van der Waals surface area contributed by atoms with Gasteiger partial charge in [0, 0.05) is 6.07 Å². The average molecular weight is 293 g/mol. The van der Waals surface area contributed by atoms with Gasteiger partial charge >= 0.3 is 0 Å². The van der Waals surface area contributed by atoms with E-state index in [1.165, 1.54) is 0 Å². The van der Waals surface area contributed by atoms with E-state index in [1.54, 1.807) is 43.5 Å². The molecule has 2 aromatic rings. The summed E-state index contributed by atoms with van der Waals surface area (Å²) in [6.45, 7) is 0. The molecule has 0 aromatic heterocycles. The minimum Gasteiger partial charge on any atom is -0.497 e. The van der Waals surface area contributed by atoms with Crippen molar-refractivity contribution in [1.29, 1.82) is 5.26 Å². The van der Waals surface area contributed by atoms with Gasteiger partial charge in [-0.2, -0.15) is 5.26 Å². The Balaban J connectivity index is 2.42. The summed E-state index contributed by atoms with van der Waals surface area (Å²) >= 11 is 12.1. The van der Waals surface area contributed by atoms with Crippen LogP contribution < -0.4 is 10.1 Å². The van der Waals surface area contributed by atoms with Crippen LogP contribution in [0.1, 0.15) is 5.56 Å². The van der Waals surface area contributed by atoms with E-state index in [9.17, 15) is 0 Å². The molecule has 96 valence electrons. The fraction of sp³-hybridized carbons (Fsp3) is 0.0714. The Morgan fingerprint density at radius 3 is 2.63 bits per heavy atom. The zero-order valence-electron chi connectivity index (χ0n) is 10.1. The number of nitrogens with one attached hydrogen (secondary N) is 1. The van der Waals surface area contributed by atoms with Crippen LogP contribution in [-0.4, -0.2) is 7.11 Å². The van der Waals surface area contributed by atoms with Crippen molar-refractivity contribution in [1.82, 2.24) is 0 Å². The van der Waals surface area contributed by atoms with Crippen LogP contribution in [0.4, 0.5) is 11.4 Å². The van der Waals surface area contributed by atoms with Gasteiger partial charge in [-0.25, -0.2) is 0 Å². The van der Waals surface area contributed by atoms with Crippen molar-refractivity contribution in [2.45, 2.75) is 0 Å². The van der Waals surface area contributed by atoms with Gasteiger partial charge in [-0.3, -0.25) is 0 Å². The molecule has 0 unspecified atom stereocenters. The van der Waals surface area contributed by atoms with Crippen molar-refractivity contribution in [3.8, 4) is 11.8 Å². The number of nitriles is 1. The molecule has 5 heteroatoms. The molecular formula is C14H10Cl2N2O. The third-order valence-electron chi connectivity index (χ3n) is 2.57. The van der Waals surface area contributed by atoms with Crippen LogP contribution in [0.2, 0.25) is 10.0 Å². The molecule has 0 saturated heterocycles. The van der Waals surface area contributed by atoms with Crippen LogP contribution >= 0.6 is 23.2 Å². The average Bonchev–Trinajstić information content (AvgIpc) is 2.43. The van der Waals surface area contributed by atoms with E-state index in [-0.39, 0.29) is 0 Å². The minimum atomic E-state index is 0.413. The molecule has 0 aliphatic carbocycles. The second-order valence-corrected chi connectivity index (χ2v) is 4.53. The number of rotatable bonds is 3. The molecule has 0 amide bonds. The molecule has 2 aromatic carbocycles. The fourth-order valence-electron chi connectivity index (χ4n) is 1.60. The maximum atomic E-state index is 9.09. The molecule has 0 atom stereocenters. The maximum Gasteiger partial charge on any atom is 0.121 e. The van der Waals surface area contributed by atoms with Crippen LogP contribution in [0.5, 0.6) is 5.75 Å². The summed E-state index contributed by atoms with van der Waals surface area (Å²) in [5.74, 6) is 0.652. The monoisotopic (exact) mass is 292 g/mol. The molecule has 0 bridgehead atoms. The van der Waals surface area contributed by atoms with Crippen LogP contribution in [0.15, 0.2) is 36.4 Å². The van der Waals surface area contributed by atoms with Crippen LogP contribution in [0.25, 0.3) is 0 Å². The zero-order chi connectivity index (χ0) is 13.8. The quantitative estimate of drug-likeness (QED) is 0.898. The number of nitrogens with zero attached hydrogens (tertiary/aromatic N) is 1. The van der Waals surface area contributed by atoms with Gasteiger partial charge in [0.25, 0.3) is 0 Å². The Morgan fingerprint density at radius 2 is 1.95 bits per heavy atom. The first-order valence-corrected chi connectivity index (χ1v) is 6.20. The highest BCUT2D eigenvalue weighted by Crippen LogP contribution is 2.33. The fourth-order valence-corrected chi connectivity index (χ4v) is 1.94. The standard InChI is InChI=1S/C14H10Cl2N2O/c1-19-10-6-5-9(8-17)13(7-10)18-12-4-2-3-11(15)14(12)16/h2-7,18H,1H3. The van der Waals surface area contributed by atoms with Gasteiger partial charge < -0.3 is 10.1 Å². The highest BCUT2D eigenvalue weighted by Gasteiger charge is 2.08. The minimum absolute atomic E-state index is 0.413. The van der Waals surface area contributed by atoms with Gasteiger partial charge in [0.05, 0.1) is 34.1 Å². The maximum absolute atomic E-state index is 9.09. The molecule has 0 heterocycles. The molecule has 0 aliphatic heterocycles. The molecular weight excluding hydrogens is 283 g/mol. The highest BCUT2D eigenvalue weighted by atomic mass is 35.5. The topological polar surface area (TPSA) is 45.0 Å². The Morgan fingerprint density at radius 1 is 1.16 bits per heavy atom. The smallest absolute Gasteiger partial charge is 0.121 e. The number of methoxy groups -OCH3 is 1. The largest absolute Gasteiger partial charge is 0.497 e. The van der Waals surface area contributed by atoms with Gasteiger partial charge in [-0.15, -0.1) is 0 Å². The van der Waals surface area contributed by atoms with Crippen LogP contribution in [-0.2, 0) is 0 Å². The van der Waals surface area contributed by atoms with Gasteiger partial charge in [0.15, 0.2) is 0 Å². The number of hydrogen-bond acceptors (Lipinski definition) is 3. The van der Waals surface area contributed by atoms with Crippen molar-refractivity contribution in [2.75, 3.05) is 12.4 Å². The third-order valence-corrected chi connectivity index (χ3v) is 3.39. The van der Waals surface area contributed by atoms with Gasteiger partial charge in [0.1, 0.15) is 11.8 Å². The summed E-state index contributed by atoms with van der Waals surface area (Å²) in [5, 5.41) is 13.0. The number of halogens is 2. The third kappa shape index (κ3) is 2.93. The molecule has 0 spiro atoms. The Hall–Kier alpha value is -1.89. The second-order valence-electron chi connectivity index (χ2n) is 3.75. The molecule has 1 N–H and O–H groups in total. The molecule has 0 saturated carbocycles. The predicted octanol–water partition coefficient (Wildman–Crippen LogP) is 4.62. The van der Waals surface area contributed by atoms with E-state index in [0.29, 0.717) is 32.7 Å². The summed E-state index contributed by atoms with van der Waals surface area (Å²) < 4.78 is 5.14. The van der Waals surface area contributed by atoms with E-state index in [0.717, 1.165) is 0 Å². The van der Waals surface area contributed by atoms with Crippen molar-refractivity contribution < 1.29 is 4.74 Å². The van der Waals surface area contributed by atoms with E-state index in [2.05, 4.69) is 11.4 Å². The van der Waals surface area contributed by atoms with Gasteiger partial charge in [-0.1, -0.05) is 29.3 Å². The normalized spacial score (nSPS) is 9.79. The summed E-state index contributed by atoms with van der Waals surface area (Å²) in [5.41, 5.74) is 1.75. The lowest BCUT2D eigenvalue weighted by Crippen LogP contribution is -1.95. The second kappa shape index (κ2) is 5.83. The van der Waals surface area contributed by atoms with Crippen molar-refractivity contribution >= 4 is 34.6 Å². The Kier molecular flexibility index (Phi) is 4.16. The lowest BCUT2D eigenvalue weighted by Gasteiger charge is -2.12. The van der Waals surface area contributed by atoms with Gasteiger partial charge in [-0.05, 0) is 24.3 Å². The van der Waals surface area contributed by atoms with Crippen LogP contribution in [0.3, 0.4) is 0 Å². The molecule has 3 nitrogen and oxygen atoms in total. The molecule has 0 radical (unpaired) electrons. The summed E-state index contributed by atoms with van der Waals surface area (Å²) in [7, 11) is 1.57. The molecule has 2 rings (SSSR count). The Bertz CT molecular complexity index is 650. The number of ether oxygens (including phenoxy) is 1. The van der Waals surface area contributed by atoms with Crippen molar-refractivity contribution in [2.24, 2.45) is 0 Å². The number of hydrogen-bond donors (Lipinski definition) is 1. The summed E-state index contributed by atoms with van der Waals surface area (Å²) in [6.07, 6.45) is 0. The van der Waals surface area contributed by atoms with Gasteiger partial charge in [0.2, 0.25) is 0 Å². The van der Waals surface area contributed by atoms with E-state index >= 15 is 0 Å². The van der Waals surface area contributed by atoms with E-state index in [1.807, 2.05) is 0 Å². The molecule has 0 fully saturated rings. The Labute approximate surface area is 121 Å². The summed E-state index contributed by atoms with van der Waals surface area (Å²) in [6, 6.07) is 12.5. The molecule has 0 aliphatic rings. The van der Waals surface area contributed by atoms with Crippen molar-refractivity contribution in [3.05, 3.63) is 52.0 Å². The van der Waals surface area contributed by atoms with Crippen LogP contribution in [0, 0.1) is 11.3 Å². The first-order chi connectivity index (χ1) is 9.15. The lowest BCUT2D eigenvalue weighted by molar-refractivity contribution is 0.415. The first kappa shape index (κ1) is 13.5. The van der Waals surface area contributed by atoms with Crippen molar-refractivity contribution in [3.63, 3.8) is 0 Å². The predicted molar refractivity (Wildman–Crippen MR) is 77.5 cm³/mol. The summed E-state index contributed by atoms with van der Waals surface area (Å²) in [4.78, 5) is 0. The van der Waals surface area contributed by atoms with E-state index < -0.39 is 0 Å².